The lowest BCUT2D eigenvalue weighted by Crippen LogP contribution is -2.12. The van der Waals surface area contributed by atoms with Gasteiger partial charge in [-0.3, -0.25) is 4.79 Å². The number of carbonyl (C=O) groups excluding carboxylic acids is 1. The van der Waals surface area contributed by atoms with Crippen LogP contribution in [0.2, 0.25) is 5.02 Å². The molecular weight excluding hydrogens is 216 g/mol. The second-order valence-corrected chi connectivity index (χ2v) is 3.57. The van der Waals surface area contributed by atoms with E-state index in [9.17, 15) is 4.79 Å². The van der Waals surface area contributed by atoms with Gasteiger partial charge in [0.05, 0.1) is 12.1 Å². The van der Waals surface area contributed by atoms with Crippen molar-refractivity contribution in [1.82, 2.24) is 5.43 Å². The van der Waals surface area contributed by atoms with Crippen molar-refractivity contribution in [3.63, 3.8) is 0 Å². The number of rotatable bonds is 3. The normalized spacial score (nSPS) is 14.7. The summed E-state index contributed by atoms with van der Waals surface area (Å²) in [4.78, 5) is 10.8. The summed E-state index contributed by atoms with van der Waals surface area (Å²) in [7, 11) is 0. The van der Waals surface area contributed by atoms with Crippen LogP contribution < -0.4 is 10.2 Å². The highest BCUT2D eigenvalue weighted by Crippen LogP contribution is 2.15. The maximum Gasteiger partial charge on any atom is 0.245 e. The minimum absolute atomic E-state index is 0.0929. The van der Waals surface area contributed by atoms with E-state index in [-0.39, 0.29) is 5.91 Å². The molecule has 78 valence electrons. The van der Waals surface area contributed by atoms with Gasteiger partial charge in [-0.25, -0.2) is 5.43 Å². The van der Waals surface area contributed by atoms with Crippen LogP contribution in [0.25, 0.3) is 0 Å². The molecule has 1 heterocycles. The van der Waals surface area contributed by atoms with Crippen molar-refractivity contribution in [2.45, 2.75) is 6.42 Å². The Morgan fingerprint density at radius 3 is 2.73 bits per heavy atom. The third kappa shape index (κ3) is 2.70. The Labute approximate surface area is 91.9 Å². The molecular formula is C10H9ClN2O2. The average Bonchev–Trinajstić information content (AvgIpc) is 2.64. The monoisotopic (exact) mass is 224 g/mol. The fourth-order valence-corrected chi connectivity index (χ4v) is 1.31. The van der Waals surface area contributed by atoms with Crippen molar-refractivity contribution in [3.05, 3.63) is 29.3 Å². The molecule has 0 bridgehead atoms. The zero-order valence-electron chi connectivity index (χ0n) is 7.87. The first-order valence-corrected chi connectivity index (χ1v) is 4.84. The topological polar surface area (TPSA) is 50.7 Å². The number of hydrogen-bond donors (Lipinski definition) is 1. The lowest BCUT2D eigenvalue weighted by Gasteiger charge is -2.04. The van der Waals surface area contributed by atoms with E-state index in [1.165, 1.54) is 0 Å². The summed E-state index contributed by atoms with van der Waals surface area (Å²) < 4.78 is 5.41. The third-order valence-electron chi connectivity index (χ3n) is 1.92. The molecule has 1 aromatic carbocycles. The molecule has 0 aromatic heterocycles. The lowest BCUT2D eigenvalue weighted by molar-refractivity contribution is -0.119. The largest absolute Gasteiger partial charge is 0.488 e. The molecule has 4 nitrogen and oxygen atoms in total. The van der Waals surface area contributed by atoms with Gasteiger partial charge in [0, 0.05) is 5.02 Å². The van der Waals surface area contributed by atoms with Crippen LogP contribution in [0.15, 0.2) is 29.4 Å². The lowest BCUT2D eigenvalue weighted by atomic mass is 10.3. The third-order valence-corrected chi connectivity index (χ3v) is 2.17. The Morgan fingerprint density at radius 2 is 2.13 bits per heavy atom. The minimum Gasteiger partial charge on any atom is -0.488 e. The highest BCUT2D eigenvalue weighted by Gasteiger charge is 2.14. The number of benzene rings is 1. The van der Waals surface area contributed by atoms with Crippen LogP contribution in [0.4, 0.5) is 0 Å². The van der Waals surface area contributed by atoms with Gasteiger partial charge in [0.2, 0.25) is 5.91 Å². The zero-order valence-corrected chi connectivity index (χ0v) is 8.62. The van der Waals surface area contributed by atoms with Crippen LogP contribution in [0.1, 0.15) is 6.42 Å². The zero-order chi connectivity index (χ0) is 10.7. The second-order valence-electron chi connectivity index (χ2n) is 3.13. The van der Waals surface area contributed by atoms with Crippen molar-refractivity contribution >= 4 is 23.2 Å². The van der Waals surface area contributed by atoms with Crippen LogP contribution in [0.5, 0.6) is 5.75 Å². The van der Waals surface area contributed by atoms with Crippen molar-refractivity contribution < 1.29 is 9.53 Å². The maximum absolute atomic E-state index is 10.8. The van der Waals surface area contributed by atoms with Gasteiger partial charge < -0.3 is 4.74 Å². The first-order chi connectivity index (χ1) is 7.24. The predicted molar refractivity (Wildman–Crippen MR) is 57.1 cm³/mol. The van der Waals surface area contributed by atoms with E-state index in [0.29, 0.717) is 29.5 Å². The van der Waals surface area contributed by atoms with Crippen molar-refractivity contribution in [2.24, 2.45) is 5.10 Å². The molecule has 0 saturated heterocycles. The van der Waals surface area contributed by atoms with E-state index < -0.39 is 0 Å². The predicted octanol–water partition coefficient (Wildman–Crippen LogP) is 1.59. The minimum atomic E-state index is -0.0929. The van der Waals surface area contributed by atoms with E-state index in [2.05, 4.69) is 10.5 Å². The smallest absolute Gasteiger partial charge is 0.245 e. The first kappa shape index (κ1) is 9.98. The molecule has 0 saturated carbocycles. The molecule has 15 heavy (non-hydrogen) atoms. The standard InChI is InChI=1S/C10H9ClN2O2/c11-7-1-3-9(4-2-7)15-6-8-5-10(14)13-12-8/h1-4H,5-6H2,(H,13,14). The number of ether oxygens (including phenoxy) is 1. The molecule has 0 spiro atoms. The maximum atomic E-state index is 10.8. The average molecular weight is 225 g/mol. The number of amides is 1. The number of halogens is 1. The fourth-order valence-electron chi connectivity index (χ4n) is 1.19. The molecule has 0 aliphatic carbocycles. The van der Waals surface area contributed by atoms with Gasteiger partial charge in [-0.15, -0.1) is 0 Å². The van der Waals surface area contributed by atoms with Gasteiger partial charge in [-0.1, -0.05) is 11.6 Å². The molecule has 1 N–H and O–H groups in total. The Morgan fingerprint density at radius 1 is 1.40 bits per heavy atom. The molecule has 1 aliphatic heterocycles. The summed E-state index contributed by atoms with van der Waals surface area (Å²) >= 11 is 5.72. The van der Waals surface area contributed by atoms with E-state index in [1.54, 1.807) is 24.3 Å². The van der Waals surface area contributed by atoms with Crippen molar-refractivity contribution in [3.8, 4) is 5.75 Å². The van der Waals surface area contributed by atoms with Crippen LogP contribution in [-0.2, 0) is 4.79 Å². The van der Waals surface area contributed by atoms with Gasteiger partial charge in [0.15, 0.2) is 0 Å². The van der Waals surface area contributed by atoms with Crippen LogP contribution in [0, 0.1) is 0 Å². The molecule has 1 aromatic rings. The summed E-state index contributed by atoms with van der Waals surface area (Å²) in [5.41, 5.74) is 3.07. The molecule has 0 fully saturated rings. The highest BCUT2D eigenvalue weighted by atomic mass is 35.5. The Kier molecular flexibility index (Phi) is 2.87. The summed E-state index contributed by atoms with van der Waals surface area (Å²) in [5, 5.41) is 4.48. The molecule has 0 radical (unpaired) electrons. The molecule has 1 aliphatic rings. The number of carbonyl (C=O) groups is 1. The Hall–Kier alpha value is -1.55. The van der Waals surface area contributed by atoms with Crippen molar-refractivity contribution in [1.29, 1.82) is 0 Å². The Balaban J connectivity index is 1.88. The Bertz CT molecular complexity index is 400. The van der Waals surface area contributed by atoms with Crippen LogP contribution in [0.3, 0.4) is 0 Å². The quantitative estimate of drug-likeness (QED) is 0.848. The van der Waals surface area contributed by atoms with E-state index in [1.807, 2.05) is 0 Å². The summed E-state index contributed by atoms with van der Waals surface area (Å²) in [5.74, 6) is 0.617. The van der Waals surface area contributed by atoms with E-state index in [0.717, 1.165) is 0 Å². The number of hydrogen-bond acceptors (Lipinski definition) is 3. The van der Waals surface area contributed by atoms with E-state index in [4.69, 9.17) is 16.3 Å². The number of hydrazone groups is 1. The van der Waals surface area contributed by atoms with Gasteiger partial charge in [0.25, 0.3) is 0 Å². The molecule has 0 atom stereocenters. The van der Waals surface area contributed by atoms with Crippen LogP contribution in [-0.4, -0.2) is 18.2 Å². The van der Waals surface area contributed by atoms with Crippen molar-refractivity contribution in [2.75, 3.05) is 6.61 Å². The SMILES string of the molecule is O=C1CC(COc2ccc(Cl)cc2)=NN1. The van der Waals surface area contributed by atoms with Gasteiger partial charge in [0.1, 0.15) is 12.4 Å². The fraction of sp³-hybridized carbons (Fsp3) is 0.200. The highest BCUT2D eigenvalue weighted by molar-refractivity contribution is 6.30. The number of nitrogens with zero attached hydrogens (tertiary/aromatic N) is 1. The summed E-state index contributed by atoms with van der Waals surface area (Å²) in [6.07, 6.45) is 0.313. The first-order valence-electron chi connectivity index (χ1n) is 4.47. The van der Waals surface area contributed by atoms with E-state index >= 15 is 0 Å². The van der Waals surface area contributed by atoms with Gasteiger partial charge in [-0.05, 0) is 24.3 Å². The molecule has 0 unspecified atom stereocenters. The summed E-state index contributed by atoms with van der Waals surface area (Å²) in [6.45, 7) is 0.320. The van der Waals surface area contributed by atoms with Gasteiger partial charge in [-0.2, -0.15) is 5.10 Å². The van der Waals surface area contributed by atoms with Gasteiger partial charge >= 0.3 is 0 Å². The summed E-state index contributed by atoms with van der Waals surface area (Å²) in [6, 6.07) is 7.04. The molecule has 5 heteroatoms. The second kappa shape index (κ2) is 4.31. The molecule has 1 amide bonds. The number of nitrogens with one attached hydrogen (secondary N) is 1. The van der Waals surface area contributed by atoms with Crippen LogP contribution >= 0.6 is 11.6 Å². The molecule has 2 rings (SSSR count).